The summed E-state index contributed by atoms with van der Waals surface area (Å²) in [5.74, 6) is 0. The van der Waals surface area contributed by atoms with E-state index >= 15 is 0 Å². The van der Waals surface area contributed by atoms with Crippen LogP contribution >= 0.6 is 23.2 Å². The zero-order valence-electron chi connectivity index (χ0n) is 8.87. The highest BCUT2D eigenvalue weighted by molar-refractivity contribution is 6.42. The molecule has 0 radical (unpaired) electrons. The van der Waals surface area contributed by atoms with Gasteiger partial charge >= 0.3 is 0 Å². The highest BCUT2D eigenvalue weighted by Crippen LogP contribution is 2.30. The number of nitrogens with one attached hydrogen (secondary N) is 1. The molecule has 2 aromatic carbocycles. The maximum absolute atomic E-state index is 6.00. The van der Waals surface area contributed by atoms with Crippen molar-refractivity contribution in [2.24, 2.45) is 0 Å². The highest BCUT2D eigenvalue weighted by Gasteiger charge is 2.06. The minimum Gasteiger partial charge on any atom is -0.354 e. The summed E-state index contributed by atoms with van der Waals surface area (Å²) in [6, 6.07) is 16.0. The summed E-state index contributed by atoms with van der Waals surface area (Å²) in [5.41, 5.74) is 3.22. The average molecular weight is 262 g/mol. The van der Waals surface area contributed by atoms with Crippen LogP contribution in [0.4, 0.5) is 0 Å². The maximum Gasteiger partial charge on any atom is 0.0613 e. The fourth-order valence-corrected chi connectivity index (χ4v) is 2.24. The van der Waals surface area contributed by atoms with E-state index in [-0.39, 0.29) is 0 Å². The van der Waals surface area contributed by atoms with E-state index in [1.54, 1.807) is 0 Å². The molecule has 1 nitrogen and oxygen atoms in total. The Labute approximate surface area is 109 Å². The Balaban J connectivity index is 2.21. The number of benzene rings is 2. The Bertz CT molecular complexity index is 632. The summed E-state index contributed by atoms with van der Waals surface area (Å²) in [7, 11) is 0. The summed E-state index contributed by atoms with van der Waals surface area (Å²) in [6.45, 7) is 0. The first-order valence-corrected chi connectivity index (χ1v) is 6.03. The molecular formula is C14H9Cl2N. The molecular weight excluding hydrogens is 253 g/mol. The van der Waals surface area contributed by atoms with Crippen LogP contribution in [-0.2, 0) is 0 Å². The van der Waals surface area contributed by atoms with Crippen molar-refractivity contribution in [3.63, 3.8) is 0 Å². The number of hydrogen-bond donors (Lipinski definition) is 1. The molecule has 1 aromatic heterocycles. The lowest BCUT2D eigenvalue weighted by molar-refractivity contribution is 1.45. The lowest BCUT2D eigenvalue weighted by Gasteiger charge is -1.95. The number of aromatic nitrogens is 1. The zero-order chi connectivity index (χ0) is 11.8. The second-order valence-electron chi connectivity index (χ2n) is 3.90. The van der Waals surface area contributed by atoms with Crippen molar-refractivity contribution >= 4 is 34.1 Å². The second-order valence-corrected chi connectivity index (χ2v) is 4.72. The van der Waals surface area contributed by atoms with Crippen molar-refractivity contribution in [2.45, 2.75) is 0 Å². The van der Waals surface area contributed by atoms with Gasteiger partial charge in [0, 0.05) is 16.6 Å². The van der Waals surface area contributed by atoms with Crippen molar-refractivity contribution < 1.29 is 0 Å². The normalized spacial score (nSPS) is 10.9. The molecule has 0 amide bonds. The maximum atomic E-state index is 6.00. The molecule has 1 heterocycles. The van der Waals surface area contributed by atoms with Gasteiger partial charge < -0.3 is 4.98 Å². The van der Waals surface area contributed by atoms with Gasteiger partial charge in [-0.25, -0.2) is 0 Å². The molecule has 0 aliphatic rings. The summed E-state index contributed by atoms with van der Waals surface area (Å²) in [6.07, 6.45) is 0. The topological polar surface area (TPSA) is 15.8 Å². The quantitative estimate of drug-likeness (QED) is 0.624. The van der Waals surface area contributed by atoms with Crippen LogP contribution in [-0.4, -0.2) is 4.98 Å². The predicted octanol–water partition coefficient (Wildman–Crippen LogP) is 5.14. The lowest BCUT2D eigenvalue weighted by atomic mass is 10.1. The number of rotatable bonds is 1. The molecule has 3 rings (SSSR count). The molecule has 0 spiro atoms. The molecule has 3 aromatic rings. The zero-order valence-corrected chi connectivity index (χ0v) is 10.4. The molecule has 0 fully saturated rings. The Morgan fingerprint density at radius 1 is 0.824 bits per heavy atom. The molecule has 1 N–H and O–H groups in total. The summed E-state index contributed by atoms with van der Waals surface area (Å²) in [5, 5.41) is 2.22. The van der Waals surface area contributed by atoms with Gasteiger partial charge in [0.15, 0.2) is 0 Å². The largest absolute Gasteiger partial charge is 0.354 e. The van der Waals surface area contributed by atoms with Gasteiger partial charge in [-0.1, -0.05) is 53.5 Å². The van der Waals surface area contributed by atoms with Crippen LogP contribution in [0.2, 0.25) is 10.0 Å². The lowest BCUT2D eigenvalue weighted by Crippen LogP contribution is -1.74. The third kappa shape index (κ3) is 1.92. The molecule has 0 saturated carbocycles. The monoisotopic (exact) mass is 261 g/mol. The molecule has 0 atom stereocenters. The molecule has 0 saturated heterocycles. The van der Waals surface area contributed by atoms with Crippen molar-refractivity contribution in [1.29, 1.82) is 0 Å². The standard InChI is InChI=1S/C14H9Cl2N/c15-11-6-10-7-13(9-4-2-1-3-5-9)17-14(10)8-12(11)16/h1-8,17H. The molecule has 0 unspecified atom stereocenters. The molecule has 0 aliphatic carbocycles. The van der Waals surface area contributed by atoms with Crippen LogP contribution in [0, 0.1) is 0 Å². The fraction of sp³-hybridized carbons (Fsp3) is 0. The van der Waals surface area contributed by atoms with Gasteiger partial charge in [0.25, 0.3) is 0 Å². The van der Waals surface area contributed by atoms with Gasteiger partial charge in [-0.05, 0) is 23.8 Å². The van der Waals surface area contributed by atoms with Gasteiger partial charge in [-0.15, -0.1) is 0 Å². The number of fused-ring (bicyclic) bond motifs is 1. The average Bonchev–Trinajstić information content (AvgIpc) is 2.74. The smallest absolute Gasteiger partial charge is 0.0613 e. The van der Waals surface area contributed by atoms with Crippen molar-refractivity contribution in [3.8, 4) is 11.3 Å². The third-order valence-electron chi connectivity index (χ3n) is 2.75. The number of hydrogen-bond acceptors (Lipinski definition) is 0. The second kappa shape index (κ2) is 4.10. The molecule has 3 heteroatoms. The van der Waals surface area contributed by atoms with Gasteiger partial charge in [-0.3, -0.25) is 0 Å². The van der Waals surface area contributed by atoms with Crippen LogP contribution in [0.25, 0.3) is 22.2 Å². The molecule has 84 valence electrons. The highest BCUT2D eigenvalue weighted by atomic mass is 35.5. The summed E-state index contributed by atoms with van der Waals surface area (Å²) in [4.78, 5) is 3.34. The van der Waals surface area contributed by atoms with E-state index in [1.165, 1.54) is 0 Å². The summed E-state index contributed by atoms with van der Waals surface area (Å²) < 4.78 is 0. The Hall–Kier alpha value is -1.44. The van der Waals surface area contributed by atoms with E-state index in [9.17, 15) is 0 Å². The van der Waals surface area contributed by atoms with Crippen LogP contribution < -0.4 is 0 Å². The fourth-order valence-electron chi connectivity index (χ4n) is 1.90. The van der Waals surface area contributed by atoms with E-state index < -0.39 is 0 Å². The number of aromatic amines is 1. The van der Waals surface area contributed by atoms with E-state index in [0.29, 0.717) is 10.0 Å². The molecule has 0 bridgehead atoms. The predicted molar refractivity (Wildman–Crippen MR) is 73.8 cm³/mol. The van der Waals surface area contributed by atoms with E-state index in [1.807, 2.05) is 30.3 Å². The minimum absolute atomic E-state index is 0.570. The number of halogens is 2. The van der Waals surface area contributed by atoms with Crippen LogP contribution in [0.15, 0.2) is 48.5 Å². The Morgan fingerprint density at radius 2 is 1.53 bits per heavy atom. The van der Waals surface area contributed by atoms with E-state index in [0.717, 1.165) is 22.2 Å². The Morgan fingerprint density at radius 3 is 2.29 bits per heavy atom. The first-order chi connectivity index (χ1) is 8.24. The van der Waals surface area contributed by atoms with Crippen LogP contribution in [0.5, 0.6) is 0 Å². The first-order valence-electron chi connectivity index (χ1n) is 5.27. The minimum atomic E-state index is 0.570. The third-order valence-corrected chi connectivity index (χ3v) is 3.47. The van der Waals surface area contributed by atoms with Crippen molar-refractivity contribution in [3.05, 3.63) is 58.6 Å². The Kier molecular flexibility index (Phi) is 2.58. The van der Waals surface area contributed by atoms with Gasteiger partial charge in [-0.2, -0.15) is 0 Å². The summed E-state index contributed by atoms with van der Waals surface area (Å²) >= 11 is 12.0. The van der Waals surface area contributed by atoms with Crippen LogP contribution in [0.3, 0.4) is 0 Å². The van der Waals surface area contributed by atoms with Crippen LogP contribution in [0.1, 0.15) is 0 Å². The van der Waals surface area contributed by atoms with E-state index in [2.05, 4.69) is 23.2 Å². The van der Waals surface area contributed by atoms with Gasteiger partial charge in [0.05, 0.1) is 10.0 Å². The van der Waals surface area contributed by atoms with Crippen molar-refractivity contribution in [2.75, 3.05) is 0 Å². The van der Waals surface area contributed by atoms with Gasteiger partial charge in [0.2, 0.25) is 0 Å². The van der Waals surface area contributed by atoms with E-state index in [4.69, 9.17) is 23.2 Å². The molecule has 0 aliphatic heterocycles. The van der Waals surface area contributed by atoms with Crippen molar-refractivity contribution in [1.82, 2.24) is 4.98 Å². The number of H-pyrrole nitrogens is 1. The molecule has 17 heavy (non-hydrogen) atoms. The van der Waals surface area contributed by atoms with Gasteiger partial charge in [0.1, 0.15) is 0 Å². The first kappa shape index (κ1) is 10.7. The SMILES string of the molecule is Clc1cc2cc(-c3ccccc3)[nH]c2cc1Cl.